The highest BCUT2D eigenvalue weighted by Crippen LogP contribution is 2.67. The molecule has 1 aromatic carbocycles. The third-order valence-electron chi connectivity index (χ3n) is 10.0. The number of carbonyl (C=O) groups is 2. The maximum atomic E-state index is 13.4. The fraction of sp³-hybridized carbons (Fsp3) is 0.655. The number of ether oxygens (including phenoxy) is 2. The van der Waals surface area contributed by atoms with E-state index in [1.807, 2.05) is 6.92 Å². The summed E-state index contributed by atoms with van der Waals surface area (Å²) in [6.07, 6.45) is 4.06. The number of carbonyl (C=O) groups excluding carboxylic acids is 2. The minimum atomic E-state index is -0.690. The molecule has 3 saturated carbocycles. The predicted octanol–water partition coefficient (Wildman–Crippen LogP) is 4.46. The lowest BCUT2D eigenvalue weighted by molar-refractivity contribution is -0.207. The monoisotopic (exact) mass is 484 g/mol. The van der Waals surface area contributed by atoms with Crippen LogP contribution in [-0.2, 0) is 20.9 Å². The van der Waals surface area contributed by atoms with E-state index in [0.717, 1.165) is 19.3 Å². The molecule has 3 unspecified atom stereocenters. The molecule has 4 rings (SSSR count). The average molecular weight is 485 g/mol. The van der Waals surface area contributed by atoms with Gasteiger partial charge in [0, 0.05) is 23.2 Å². The Morgan fingerprint density at radius 1 is 1.26 bits per heavy atom. The Hall–Kier alpha value is -2.18. The van der Waals surface area contributed by atoms with E-state index >= 15 is 0 Å². The van der Waals surface area contributed by atoms with E-state index in [0.29, 0.717) is 24.2 Å². The number of Topliss-reactive ketones (excluding diaryl/α,β-unsaturated/α-hetero) is 1. The van der Waals surface area contributed by atoms with Crippen LogP contribution in [0.4, 0.5) is 0 Å². The standard InChI is InChI=1S/C29H40O6/c1-6-27(4)15-23(35-24(32)17-34-21-9-7-8-20(14-21)16-30)28(5)18(2)10-12-29(19(3)26(27)33)13-11-22(31)25(28)29/h6-9,14,18-19,23,25-26,30,33H,1,10-13,15-17H2,2-5H3/t18?,19-,23+,25?,26-,27+,28-,29?/m0/s1. The van der Waals surface area contributed by atoms with Gasteiger partial charge in [0.05, 0.1) is 12.7 Å². The number of hydrogen-bond acceptors (Lipinski definition) is 6. The Morgan fingerprint density at radius 3 is 2.69 bits per heavy atom. The third kappa shape index (κ3) is 4.13. The second kappa shape index (κ2) is 9.36. The molecule has 0 radical (unpaired) electrons. The van der Waals surface area contributed by atoms with E-state index in [4.69, 9.17) is 9.47 Å². The first kappa shape index (κ1) is 25.9. The minimum absolute atomic E-state index is 0.0624. The van der Waals surface area contributed by atoms with E-state index in [1.165, 1.54) is 0 Å². The van der Waals surface area contributed by atoms with Crippen molar-refractivity contribution in [3.63, 3.8) is 0 Å². The molecule has 0 aliphatic heterocycles. The van der Waals surface area contributed by atoms with E-state index < -0.39 is 29.0 Å². The lowest BCUT2D eigenvalue weighted by Gasteiger charge is -2.61. The van der Waals surface area contributed by atoms with Crippen LogP contribution >= 0.6 is 0 Å². The van der Waals surface area contributed by atoms with Crippen LogP contribution in [0.25, 0.3) is 0 Å². The quantitative estimate of drug-likeness (QED) is 0.457. The van der Waals surface area contributed by atoms with E-state index in [-0.39, 0.29) is 42.2 Å². The number of aliphatic hydroxyl groups is 2. The molecule has 0 saturated heterocycles. The van der Waals surface area contributed by atoms with Gasteiger partial charge in [-0.2, -0.15) is 0 Å². The third-order valence-corrected chi connectivity index (χ3v) is 10.0. The number of ketones is 1. The van der Waals surface area contributed by atoms with Crippen molar-refractivity contribution in [2.45, 2.75) is 78.6 Å². The lowest BCUT2D eigenvalue weighted by atomic mass is 9.44. The van der Waals surface area contributed by atoms with Gasteiger partial charge in [-0.25, -0.2) is 4.79 Å². The molecule has 2 N–H and O–H groups in total. The molecule has 35 heavy (non-hydrogen) atoms. The molecule has 192 valence electrons. The van der Waals surface area contributed by atoms with Crippen LogP contribution < -0.4 is 4.74 Å². The Labute approximate surface area is 208 Å². The number of esters is 1. The molecule has 3 aliphatic carbocycles. The highest BCUT2D eigenvalue weighted by Gasteiger charge is 2.68. The van der Waals surface area contributed by atoms with Gasteiger partial charge in [-0.15, -0.1) is 6.58 Å². The summed E-state index contributed by atoms with van der Waals surface area (Å²) < 4.78 is 11.8. The second-order valence-electron chi connectivity index (χ2n) is 11.7. The van der Waals surface area contributed by atoms with Gasteiger partial charge in [-0.1, -0.05) is 45.9 Å². The molecule has 2 bridgehead atoms. The SMILES string of the molecule is C=C[C@]1(C)C[C@@H](OC(=O)COc2cccc(CO)c2)[C@]2(C)C(C)CCC3(CCC(=O)C32)[C@@H](C)[C@@H]1O. The fourth-order valence-corrected chi connectivity index (χ4v) is 7.57. The first-order valence-corrected chi connectivity index (χ1v) is 12.9. The number of hydrogen-bond donors (Lipinski definition) is 2. The topological polar surface area (TPSA) is 93.1 Å². The summed E-state index contributed by atoms with van der Waals surface area (Å²) in [5.74, 6) is 0.0744. The zero-order chi connectivity index (χ0) is 25.6. The largest absolute Gasteiger partial charge is 0.482 e. The van der Waals surface area contributed by atoms with Crippen molar-refractivity contribution in [3.8, 4) is 5.75 Å². The smallest absolute Gasteiger partial charge is 0.344 e. The molecule has 8 atom stereocenters. The van der Waals surface area contributed by atoms with Crippen LogP contribution in [0.3, 0.4) is 0 Å². The summed E-state index contributed by atoms with van der Waals surface area (Å²) >= 11 is 0. The van der Waals surface area contributed by atoms with Crippen LogP contribution in [0.5, 0.6) is 5.75 Å². The molecule has 0 amide bonds. The Balaban J connectivity index is 1.66. The molecule has 6 heteroatoms. The lowest BCUT2D eigenvalue weighted by Crippen LogP contribution is -2.63. The highest BCUT2D eigenvalue weighted by molar-refractivity contribution is 5.85. The maximum Gasteiger partial charge on any atom is 0.344 e. The fourth-order valence-electron chi connectivity index (χ4n) is 7.57. The normalized spacial score (nSPS) is 40.9. The minimum Gasteiger partial charge on any atom is -0.482 e. The van der Waals surface area contributed by atoms with Gasteiger partial charge in [0.1, 0.15) is 17.6 Å². The highest BCUT2D eigenvalue weighted by atomic mass is 16.6. The number of rotatable bonds is 6. The molecular formula is C29H40O6. The van der Waals surface area contributed by atoms with Crippen molar-refractivity contribution >= 4 is 11.8 Å². The zero-order valence-corrected chi connectivity index (χ0v) is 21.5. The van der Waals surface area contributed by atoms with Crippen LogP contribution in [0.15, 0.2) is 36.9 Å². The predicted molar refractivity (Wildman–Crippen MR) is 133 cm³/mol. The van der Waals surface area contributed by atoms with E-state index in [2.05, 4.69) is 27.4 Å². The molecule has 3 fully saturated rings. The summed E-state index contributed by atoms with van der Waals surface area (Å²) in [5.41, 5.74) is -0.811. The van der Waals surface area contributed by atoms with Crippen LogP contribution in [0.1, 0.15) is 65.4 Å². The van der Waals surface area contributed by atoms with Crippen molar-refractivity contribution in [3.05, 3.63) is 42.5 Å². The second-order valence-corrected chi connectivity index (χ2v) is 11.7. The first-order valence-electron chi connectivity index (χ1n) is 12.9. The summed E-state index contributed by atoms with van der Waals surface area (Å²) in [5, 5.41) is 20.9. The molecule has 3 aliphatic rings. The van der Waals surface area contributed by atoms with Gasteiger partial charge in [-0.05, 0) is 60.6 Å². The van der Waals surface area contributed by atoms with Crippen LogP contribution in [0.2, 0.25) is 0 Å². The summed E-state index contributed by atoms with van der Waals surface area (Å²) in [7, 11) is 0. The molecule has 6 nitrogen and oxygen atoms in total. The van der Waals surface area contributed by atoms with E-state index in [9.17, 15) is 19.8 Å². The first-order chi connectivity index (χ1) is 16.5. The molecule has 1 aromatic rings. The maximum absolute atomic E-state index is 13.4. The van der Waals surface area contributed by atoms with Crippen molar-refractivity contribution < 1.29 is 29.3 Å². The average Bonchev–Trinajstić information content (AvgIpc) is 3.21. The van der Waals surface area contributed by atoms with Crippen molar-refractivity contribution in [1.82, 2.24) is 0 Å². The van der Waals surface area contributed by atoms with Crippen molar-refractivity contribution in [1.29, 1.82) is 0 Å². The molecular weight excluding hydrogens is 444 g/mol. The zero-order valence-electron chi connectivity index (χ0n) is 21.5. The van der Waals surface area contributed by atoms with Gasteiger partial charge >= 0.3 is 5.97 Å². The van der Waals surface area contributed by atoms with Crippen LogP contribution in [-0.4, -0.2) is 40.8 Å². The van der Waals surface area contributed by atoms with E-state index in [1.54, 1.807) is 30.3 Å². The van der Waals surface area contributed by atoms with Gasteiger partial charge < -0.3 is 19.7 Å². The van der Waals surface area contributed by atoms with Gasteiger partial charge in [-0.3, -0.25) is 4.79 Å². The molecule has 0 spiro atoms. The number of aliphatic hydroxyl groups excluding tert-OH is 2. The van der Waals surface area contributed by atoms with Gasteiger partial charge in [0.25, 0.3) is 0 Å². The van der Waals surface area contributed by atoms with Crippen LogP contribution in [0, 0.1) is 34.0 Å². The van der Waals surface area contributed by atoms with Gasteiger partial charge in [0.15, 0.2) is 6.61 Å². The Kier molecular flexibility index (Phi) is 6.93. The Morgan fingerprint density at radius 2 is 2.00 bits per heavy atom. The number of benzene rings is 1. The van der Waals surface area contributed by atoms with Crippen molar-refractivity contribution in [2.24, 2.45) is 34.0 Å². The summed E-state index contributed by atoms with van der Waals surface area (Å²) in [6, 6.07) is 6.95. The summed E-state index contributed by atoms with van der Waals surface area (Å²) in [6.45, 7) is 12.0. The van der Waals surface area contributed by atoms with Crippen molar-refractivity contribution in [2.75, 3.05) is 6.61 Å². The van der Waals surface area contributed by atoms with Gasteiger partial charge in [0.2, 0.25) is 0 Å². The summed E-state index contributed by atoms with van der Waals surface area (Å²) in [4.78, 5) is 26.5. The Bertz CT molecular complexity index is 989. The molecule has 0 heterocycles. The molecule has 0 aromatic heterocycles.